The van der Waals surface area contributed by atoms with Crippen molar-refractivity contribution >= 4 is 21.5 Å². The average molecular weight is 653 g/mol. The van der Waals surface area contributed by atoms with Crippen molar-refractivity contribution in [2.75, 3.05) is 0 Å². The van der Waals surface area contributed by atoms with Crippen LogP contribution < -0.4 is 0 Å². The Hall–Kier alpha value is -4.56. The first-order valence-corrected chi connectivity index (χ1v) is 18.5. The molecule has 0 fully saturated rings. The molecule has 49 heavy (non-hydrogen) atoms. The van der Waals surface area contributed by atoms with Crippen LogP contribution in [0.15, 0.2) is 146 Å². The van der Waals surface area contributed by atoms with Gasteiger partial charge in [-0.2, -0.15) is 0 Å². The van der Waals surface area contributed by atoms with Crippen LogP contribution in [-0.2, 0) is 5.41 Å². The zero-order valence-electron chi connectivity index (χ0n) is 29.7. The topological polar surface area (TPSA) is 40.5 Å². The fraction of sp³-hybridized carbons (Fsp3) is 0.319. The molecular formula is C47H56O2. The zero-order chi connectivity index (χ0) is 34.6. The Morgan fingerprint density at radius 1 is 0.347 bits per heavy atom. The highest BCUT2D eigenvalue weighted by Crippen LogP contribution is 2.43. The van der Waals surface area contributed by atoms with Crippen LogP contribution in [0.4, 0.5) is 0 Å². The summed E-state index contributed by atoms with van der Waals surface area (Å²) in [6.07, 6.45) is 14.9. The van der Waals surface area contributed by atoms with Crippen LogP contribution in [0.1, 0.15) is 102 Å². The molecule has 0 aromatic heterocycles. The van der Waals surface area contributed by atoms with Crippen LogP contribution in [0.25, 0.3) is 21.5 Å². The van der Waals surface area contributed by atoms with Gasteiger partial charge in [-0.25, -0.2) is 0 Å². The lowest BCUT2D eigenvalue weighted by Crippen LogP contribution is -2.28. The highest BCUT2D eigenvalue weighted by molar-refractivity contribution is 5.82. The molecule has 0 aliphatic carbocycles. The molecule has 256 valence electrons. The van der Waals surface area contributed by atoms with Crippen molar-refractivity contribution in [1.29, 1.82) is 0 Å². The Bertz CT molecular complexity index is 1490. The molecule has 0 aliphatic rings. The number of phenols is 2. The predicted molar refractivity (Wildman–Crippen MR) is 212 cm³/mol. The van der Waals surface area contributed by atoms with E-state index in [-0.39, 0.29) is 5.41 Å². The lowest BCUT2D eigenvalue weighted by atomic mass is 9.68. The van der Waals surface area contributed by atoms with Gasteiger partial charge in [0.1, 0.15) is 11.5 Å². The number of hydrogen-bond acceptors (Lipinski definition) is 2. The van der Waals surface area contributed by atoms with Gasteiger partial charge in [0, 0.05) is 5.41 Å². The summed E-state index contributed by atoms with van der Waals surface area (Å²) in [7, 11) is 0. The Kier molecular flexibility index (Phi) is 15.8. The van der Waals surface area contributed by atoms with Gasteiger partial charge >= 0.3 is 0 Å². The lowest BCUT2D eigenvalue weighted by molar-refractivity contribution is 0.389. The Morgan fingerprint density at radius 3 is 0.878 bits per heavy atom. The molecule has 2 N–H and O–H groups in total. The summed E-state index contributed by atoms with van der Waals surface area (Å²) in [5, 5.41) is 24.9. The zero-order valence-corrected chi connectivity index (χ0v) is 29.7. The molecule has 0 spiro atoms. The van der Waals surface area contributed by atoms with Gasteiger partial charge in [0.25, 0.3) is 0 Å². The number of phenolic OH excluding ortho intramolecular Hbond substituents is 2. The van der Waals surface area contributed by atoms with E-state index in [2.05, 4.69) is 135 Å². The summed E-state index contributed by atoms with van der Waals surface area (Å²) in [6.45, 7) is 4.51. The third kappa shape index (κ3) is 11.8. The summed E-state index contributed by atoms with van der Waals surface area (Å²) in [5.41, 5.74) is 2.51. The fourth-order valence-electron chi connectivity index (χ4n) is 6.76. The van der Waals surface area contributed by atoms with Crippen LogP contribution in [0, 0.1) is 0 Å². The van der Waals surface area contributed by atoms with Crippen molar-refractivity contribution in [1.82, 2.24) is 0 Å². The van der Waals surface area contributed by atoms with Crippen LogP contribution in [0.3, 0.4) is 0 Å². The number of unbranched alkanes of at least 4 members (excludes halogenated alkanes) is 8. The second kappa shape index (κ2) is 20.7. The third-order valence-electron chi connectivity index (χ3n) is 9.57. The molecule has 6 rings (SSSR count). The van der Waals surface area contributed by atoms with Crippen molar-refractivity contribution in [3.63, 3.8) is 0 Å². The monoisotopic (exact) mass is 652 g/mol. The van der Waals surface area contributed by atoms with E-state index in [0.29, 0.717) is 11.5 Å². The quantitative estimate of drug-likeness (QED) is 0.115. The minimum absolute atomic E-state index is 0.0557. The smallest absolute Gasteiger partial charge is 0.115 e. The van der Waals surface area contributed by atoms with E-state index in [0.717, 1.165) is 12.8 Å². The second-order valence-electron chi connectivity index (χ2n) is 13.2. The number of rotatable bonds is 14. The largest absolute Gasteiger partial charge is 0.508 e. The molecule has 0 radical (unpaired) electrons. The fourth-order valence-corrected chi connectivity index (χ4v) is 6.76. The maximum atomic E-state index is 9.84. The van der Waals surface area contributed by atoms with Gasteiger partial charge in [-0.05, 0) is 69.8 Å². The minimum Gasteiger partial charge on any atom is -0.508 e. The van der Waals surface area contributed by atoms with Crippen molar-refractivity contribution in [3.8, 4) is 11.5 Å². The van der Waals surface area contributed by atoms with E-state index >= 15 is 0 Å². The van der Waals surface area contributed by atoms with Crippen LogP contribution in [0.2, 0.25) is 0 Å². The molecule has 0 bridgehead atoms. The summed E-state index contributed by atoms with van der Waals surface area (Å²) < 4.78 is 0. The highest BCUT2D eigenvalue weighted by Gasteiger charge is 2.33. The van der Waals surface area contributed by atoms with Gasteiger partial charge in [0.15, 0.2) is 0 Å². The third-order valence-corrected chi connectivity index (χ3v) is 9.57. The predicted octanol–water partition coefficient (Wildman–Crippen LogP) is 13.8. The first-order valence-electron chi connectivity index (χ1n) is 18.5. The molecule has 0 unspecified atom stereocenters. The standard InChI is InChI=1S/C27H40O2.2C10H8/c1-3-5-7-9-11-21-27(22-12-10-8-6-4-2,23-13-17-25(28)18-14-23)24-15-19-26(29)20-16-24;2*1-2-6-10-8-4-3-7-9(10)5-1/h13-20,28-29H,3-12,21-22H2,1-2H3;2*1-8H. The molecule has 0 saturated carbocycles. The summed E-state index contributed by atoms with van der Waals surface area (Å²) in [4.78, 5) is 0. The van der Waals surface area contributed by atoms with E-state index in [1.807, 2.05) is 24.3 Å². The van der Waals surface area contributed by atoms with E-state index in [4.69, 9.17) is 0 Å². The van der Waals surface area contributed by atoms with E-state index < -0.39 is 0 Å². The maximum Gasteiger partial charge on any atom is 0.115 e. The molecule has 6 aromatic rings. The van der Waals surface area contributed by atoms with E-state index in [1.165, 1.54) is 96.9 Å². The molecule has 0 amide bonds. The molecule has 6 aromatic carbocycles. The summed E-state index contributed by atoms with van der Waals surface area (Å²) in [5.74, 6) is 0.637. The van der Waals surface area contributed by atoms with Crippen molar-refractivity contribution in [2.45, 2.75) is 96.3 Å². The number of hydrogen-bond donors (Lipinski definition) is 2. The Labute approximate surface area is 295 Å². The molecule has 2 nitrogen and oxygen atoms in total. The summed E-state index contributed by atoms with van der Waals surface area (Å²) in [6, 6.07) is 49.1. The molecular weight excluding hydrogens is 597 g/mol. The van der Waals surface area contributed by atoms with Crippen LogP contribution in [-0.4, -0.2) is 10.2 Å². The second-order valence-corrected chi connectivity index (χ2v) is 13.2. The number of aromatic hydroxyl groups is 2. The number of benzene rings is 6. The van der Waals surface area contributed by atoms with Gasteiger partial charge in [0.05, 0.1) is 0 Å². The van der Waals surface area contributed by atoms with Gasteiger partial charge < -0.3 is 10.2 Å². The Balaban J connectivity index is 0.000000215. The molecule has 0 saturated heterocycles. The van der Waals surface area contributed by atoms with Gasteiger partial charge in [-0.3, -0.25) is 0 Å². The van der Waals surface area contributed by atoms with E-state index in [1.54, 1.807) is 0 Å². The highest BCUT2D eigenvalue weighted by atomic mass is 16.3. The molecule has 0 atom stereocenters. The van der Waals surface area contributed by atoms with Gasteiger partial charge in [0.2, 0.25) is 0 Å². The van der Waals surface area contributed by atoms with Gasteiger partial charge in [-0.15, -0.1) is 0 Å². The SMILES string of the molecule is CCCCCCCC(CCCCCCC)(c1ccc(O)cc1)c1ccc(O)cc1.c1ccc2ccccc2c1.c1ccc2ccccc2c1. The lowest BCUT2D eigenvalue weighted by Gasteiger charge is -2.36. The van der Waals surface area contributed by atoms with Crippen molar-refractivity contribution in [2.24, 2.45) is 0 Å². The normalized spacial score (nSPS) is 11.0. The maximum absolute atomic E-state index is 9.84. The first-order chi connectivity index (χ1) is 24.1. The van der Waals surface area contributed by atoms with Crippen molar-refractivity contribution < 1.29 is 10.2 Å². The molecule has 2 heteroatoms. The Morgan fingerprint density at radius 2 is 0.612 bits per heavy atom. The average Bonchev–Trinajstić information content (AvgIpc) is 3.15. The van der Waals surface area contributed by atoms with Gasteiger partial charge in [-0.1, -0.05) is 199 Å². The van der Waals surface area contributed by atoms with Crippen LogP contribution >= 0.6 is 0 Å². The molecule has 0 heterocycles. The van der Waals surface area contributed by atoms with Crippen molar-refractivity contribution in [3.05, 3.63) is 157 Å². The number of fused-ring (bicyclic) bond motifs is 2. The first kappa shape index (κ1) is 37.3. The molecule has 0 aliphatic heterocycles. The summed E-state index contributed by atoms with van der Waals surface area (Å²) >= 11 is 0. The van der Waals surface area contributed by atoms with E-state index in [9.17, 15) is 10.2 Å². The minimum atomic E-state index is -0.0557. The van der Waals surface area contributed by atoms with Crippen LogP contribution in [0.5, 0.6) is 11.5 Å².